The van der Waals surface area contributed by atoms with Crippen molar-refractivity contribution >= 4 is 0 Å². The van der Waals surface area contributed by atoms with E-state index in [2.05, 4.69) is 19.9 Å². The van der Waals surface area contributed by atoms with Gasteiger partial charge in [0.25, 0.3) is 5.56 Å². The third kappa shape index (κ3) is 3.88. The maximum atomic E-state index is 12.4. The molecule has 1 aliphatic rings. The minimum Gasteiger partial charge on any atom is -0.448 e. The number of pyridine rings is 1. The van der Waals surface area contributed by atoms with Crippen LogP contribution in [0.5, 0.6) is 0 Å². The molecule has 0 atom stereocenters. The topological polar surface area (TPSA) is 77.1 Å². The summed E-state index contributed by atoms with van der Waals surface area (Å²) in [6, 6.07) is 5.34. The van der Waals surface area contributed by atoms with Gasteiger partial charge in [-0.2, -0.15) is 0 Å². The van der Waals surface area contributed by atoms with E-state index in [1.165, 1.54) is 0 Å². The van der Waals surface area contributed by atoms with Crippen molar-refractivity contribution in [3.05, 3.63) is 65.6 Å². The molecule has 1 fully saturated rings. The summed E-state index contributed by atoms with van der Waals surface area (Å²) < 4.78 is 7.03. The highest BCUT2D eigenvalue weighted by molar-refractivity contribution is 5.56. The Labute approximate surface area is 151 Å². The summed E-state index contributed by atoms with van der Waals surface area (Å²) in [7, 11) is 0. The number of aromatic nitrogens is 4. The number of oxazole rings is 1. The number of hydrogen-bond acceptors (Lipinski definition) is 6. The van der Waals surface area contributed by atoms with Crippen molar-refractivity contribution in [2.75, 3.05) is 13.1 Å². The Morgan fingerprint density at radius 1 is 1.19 bits per heavy atom. The van der Waals surface area contributed by atoms with E-state index >= 15 is 0 Å². The van der Waals surface area contributed by atoms with Crippen molar-refractivity contribution in [2.24, 2.45) is 5.92 Å². The Morgan fingerprint density at radius 3 is 2.77 bits per heavy atom. The van der Waals surface area contributed by atoms with Gasteiger partial charge < -0.3 is 4.42 Å². The van der Waals surface area contributed by atoms with E-state index in [1.807, 2.05) is 12.1 Å². The van der Waals surface area contributed by atoms with Crippen molar-refractivity contribution < 1.29 is 4.42 Å². The third-order valence-electron chi connectivity index (χ3n) is 4.84. The van der Waals surface area contributed by atoms with Crippen molar-refractivity contribution in [3.63, 3.8) is 0 Å². The highest BCUT2D eigenvalue weighted by atomic mass is 16.3. The second-order valence-electron chi connectivity index (χ2n) is 6.65. The Balaban J connectivity index is 1.35. The third-order valence-corrected chi connectivity index (χ3v) is 4.84. The van der Waals surface area contributed by atoms with E-state index in [0.29, 0.717) is 18.2 Å². The predicted octanol–water partition coefficient (Wildman–Crippen LogP) is 2.21. The lowest BCUT2D eigenvalue weighted by Gasteiger charge is -2.31. The molecular weight excluding hydrogens is 330 g/mol. The first-order chi connectivity index (χ1) is 12.8. The second-order valence-corrected chi connectivity index (χ2v) is 6.65. The molecule has 1 saturated heterocycles. The van der Waals surface area contributed by atoms with Crippen molar-refractivity contribution in [1.29, 1.82) is 0 Å². The van der Waals surface area contributed by atoms with Crippen LogP contribution in [0.2, 0.25) is 0 Å². The summed E-state index contributed by atoms with van der Waals surface area (Å²) in [5, 5.41) is 0. The summed E-state index contributed by atoms with van der Waals surface area (Å²) in [5.41, 5.74) is 1.51. The maximum absolute atomic E-state index is 12.4. The largest absolute Gasteiger partial charge is 0.448 e. The van der Waals surface area contributed by atoms with Gasteiger partial charge in [0.1, 0.15) is 6.26 Å². The first-order valence-corrected chi connectivity index (χ1v) is 8.85. The molecule has 26 heavy (non-hydrogen) atoms. The van der Waals surface area contributed by atoms with Crippen LogP contribution in [0.25, 0.3) is 11.3 Å². The molecule has 3 aromatic heterocycles. The molecule has 0 radical (unpaired) electrons. The zero-order chi connectivity index (χ0) is 17.8. The molecule has 0 aliphatic carbocycles. The number of likely N-dealkylation sites (tertiary alicyclic amines) is 1. The monoisotopic (exact) mass is 351 g/mol. The molecule has 3 aromatic rings. The van der Waals surface area contributed by atoms with Crippen LogP contribution < -0.4 is 5.56 Å². The van der Waals surface area contributed by atoms with Crippen LogP contribution in [-0.2, 0) is 13.1 Å². The normalized spacial score (nSPS) is 16.0. The van der Waals surface area contributed by atoms with Crippen LogP contribution in [0.15, 0.2) is 58.6 Å². The smallest absolute Gasteiger partial charge is 0.253 e. The molecule has 134 valence electrons. The quantitative estimate of drug-likeness (QED) is 0.701. The Hall–Kier alpha value is -2.80. The fraction of sp³-hybridized carbons (Fsp3) is 0.368. The predicted molar refractivity (Wildman–Crippen MR) is 96.2 cm³/mol. The maximum Gasteiger partial charge on any atom is 0.253 e. The Bertz CT molecular complexity index is 884. The van der Waals surface area contributed by atoms with Crippen LogP contribution in [0, 0.1) is 5.92 Å². The van der Waals surface area contributed by atoms with Crippen molar-refractivity contribution in [1.82, 2.24) is 24.4 Å². The second kappa shape index (κ2) is 7.61. The van der Waals surface area contributed by atoms with Crippen LogP contribution in [0.4, 0.5) is 0 Å². The van der Waals surface area contributed by atoms with Crippen molar-refractivity contribution in [3.8, 4) is 11.3 Å². The van der Waals surface area contributed by atoms with Gasteiger partial charge in [0.05, 0.1) is 24.8 Å². The van der Waals surface area contributed by atoms with Gasteiger partial charge in [-0.1, -0.05) is 0 Å². The molecule has 1 aliphatic heterocycles. The number of piperidine rings is 1. The summed E-state index contributed by atoms with van der Waals surface area (Å²) in [6.07, 6.45) is 10.5. The van der Waals surface area contributed by atoms with Crippen LogP contribution in [0.3, 0.4) is 0 Å². The molecule has 0 aromatic carbocycles. The van der Waals surface area contributed by atoms with Gasteiger partial charge in [-0.3, -0.25) is 19.2 Å². The number of rotatable bonds is 5. The van der Waals surface area contributed by atoms with Gasteiger partial charge in [-0.25, -0.2) is 9.97 Å². The summed E-state index contributed by atoms with van der Waals surface area (Å²) in [6.45, 7) is 3.44. The lowest BCUT2D eigenvalue weighted by Crippen LogP contribution is -2.36. The lowest BCUT2D eigenvalue weighted by atomic mass is 9.96. The highest BCUT2D eigenvalue weighted by Crippen LogP contribution is 2.20. The Kier molecular flexibility index (Phi) is 4.88. The molecule has 7 nitrogen and oxygen atoms in total. The van der Waals surface area contributed by atoms with Gasteiger partial charge in [0.15, 0.2) is 0 Å². The summed E-state index contributed by atoms with van der Waals surface area (Å²) in [5.74, 6) is 1.24. The minimum absolute atomic E-state index is 0.0129. The zero-order valence-corrected chi connectivity index (χ0v) is 14.5. The first kappa shape index (κ1) is 16.7. The number of hydrogen-bond donors (Lipinski definition) is 0. The molecule has 0 amide bonds. The molecule has 7 heteroatoms. The molecule has 4 rings (SSSR count). The average Bonchev–Trinajstić information content (AvgIpc) is 3.19. The lowest BCUT2D eigenvalue weighted by molar-refractivity contribution is 0.154. The van der Waals surface area contributed by atoms with Gasteiger partial charge in [-0.05, 0) is 44.0 Å². The van der Waals surface area contributed by atoms with E-state index in [4.69, 9.17) is 4.42 Å². The summed E-state index contributed by atoms with van der Waals surface area (Å²) >= 11 is 0. The molecule has 0 saturated carbocycles. The fourth-order valence-electron chi connectivity index (χ4n) is 3.36. The molecule has 0 unspecified atom stereocenters. The van der Waals surface area contributed by atoms with E-state index in [9.17, 15) is 4.79 Å². The van der Waals surface area contributed by atoms with Crippen LogP contribution >= 0.6 is 0 Å². The van der Waals surface area contributed by atoms with Gasteiger partial charge in [0, 0.05) is 30.6 Å². The zero-order valence-electron chi connectivity index (χ0n) is 14.5. The highest BCUT2D eigenvalue weighted by Gasteiger charge is 2.21. The van der Waals surface area contributed by atoms with Crippen LogP contribution in [0.1, 0.15) is 18.7 Å². The molecule has 4 heterocycles. The van der Waals surface area contributed by atoms with Gasteiger partial charge >= 0.3 is 0 Å². The minimum atomic E-state index is -0.0129. The standard InChI is InChI=1S/C19H21N5O2/c25-19-10-17(16-2-1-5-20-11-16)22-14-24(19)12-15-3-7-23(8-4-15)13-18-21-6-9-26-18/h1-2,5-6,9-11,14-15H,3-4,7-8,12-13H2. The van der Waals surface area contributed by atoms with E-state index in [0.717, 1.165) is 43.9 Å². The van der Waals surface area contributed by atoms with Gasteiger partial charge in [0.2, 0.25) is 5.89 Å². The van der Waals surface area contributed by atoms with E-state index in [-0.39, 0.29) is 5.56 Å². The molecule has 0 bridgehead atoms. The fourth-order valence-corrected chi connectivity index (χ4v) is 3.36. The average molecular weight is 351 g/mol. The van der Waals surface area contributed by atoms with E-state index in [1.54, 1.807) is 41.8 Å². The van der Waals surface area contributed by atoms with Crippen LogP contribution in [-0.4, -0.2) is 37.5 Å². The van der Waals surface area contributed by atoms with Crippen molar-refractivity contribution in [2.45, 2.75) is 25.9 Å². The summed E-state index contributed by atoms with van der Waals surface area (Å²) in [4.78, 5) is 27.5. The SMILES string of the molecule is O=c1cc(-c2cccnc2)ncn1CC1CCN(Cc2ncco2)CC1. The molecular formula is C19H21N5O2. The van der Waals surface area contributed by atoms with Gasteiger partial charge in [-0.15, -0.1) is 0 Å². The molecule has 0 N–H and O–H groups in total. The number of nitrogens with zero attached hydrogens (tertiary/aromatic N) is 5. The first-order valence-electron chi connectivity index (χ1n) is 8.85. The molecule has 0 spiro atoms. The van der Waals surface area contributed by atoms with E-state index < -0.39 is 0 Å². The Morgan fingerprint density at radius 2 is 2.08 bits per heavy atom.